The molecule has 1 N–H and O–H groups in total. The number of fused-ring (bicyclic) bond motifs is 1. The fourth-order valence-corrected chi connectivity index (χ4v) is 6.11. The summed E-state index contributed by atoms with van der Waals surface area (Å²) in [5.74, 6) is -0.350. The summed E-state index contributed by atoms with van der Waals surface area (Å²) in [7, 11) is -1.63. The predicted molar refractivity (Wildman–Crippen MR) is 154 cm³/mol. The molecule has 11 heteroatoms. The van der Waals surface area contributed by atoms with Crippen LogP contribution in [0.4, 0.5) is 4.39 Å². The first-order valence-electron chi connectivity index (χ1n) is 13.1. The van der Waals surface area contributed by atoms with Gasteiger partial charge in [0, 0.05) is 74.1 Å². The Morgan fingerprint density at radius 3 is 2.55 bits per heavy atom. The molecule has 1 saturated heterocycles. The molecule has 0 unspecified atom stereocenters. The Bertz CT molecular complexity index is 1680. The number of carbonyl (C=O) groups is 1. The zero-order valence-corrected chi connectivity index (χ0v) is 24.2. The van der Waals surface area contributed by atoms with Crippen LogP contribution >= 0.6 is 11.6 Å². The lowest BCUT2D eigenvalue weighted by atomic mass is 10.00. The standard InChI is InChI=1S/C29H31ClFN5O3S/c1-18(36-12-10-35(2)11-13-36)24(37)14-20-7-4-8-21-22(16-33-28(20)21)29-23(30)17-32-26(34-29)15-19-6-5-9-25(27(19)31)40(3,38)39/h4-9,16-18,33H,10-15H2,1-3H3/t18-/m1/s1. The molecule has 1 atom stereocenters. The van der Waals surface area contributed by atoms with Crippen molar-refractivity contribution in [2.24, 2.45) is 0 Å². The third kappa shape index (κ3) is 5.81. The lowest BCUT2D eigenvalue weighted by molar-refractivity contribution is -0.123. The SMILES string of the molecule is C[C@H](C(=O)Cc1cccc2c(-c3nc(Cc4cccc(S(C)(=O)=O)c4F)ncc3Cl)c[nH]c12)N1CCN(C)CC1. The van der Waals surface area contributed by atoms with E-state index in [1.54, 1.807) is 6.20 Å². The van der Waals surface area contributed by atoms with Gasteiger partial charge < -0.3 is 9.88 Å². The number of Topliss-reactive ketones (excluding diaryl/α,β-unsaturated/α-hetero) is 1. The number of hydrogen-bond acceptors (Lipinski definition) is 7. The molecule has 0 bridgehead atoms. The van der Waals surface area contributed by atoms with E-state index in [-0.39, 0.29) is 28.7 Å². The van der Waals surface area contributed by atoms with Gasteiger partial charge in [-0.15, -0.1) is 0 Å². The maximum absolute atomic E-state index is 15.0. The Balaban J connectivity index is 1.42. The Kier molecular flexibility index (Phi) is 8.05. The summed E-state index contributed by atoms with van der Waals surface area (Å²) in [5.41, 5.74) is 3.09. The lowest BCUT2D eigenvalue weighted by Crippen LogP contribution is -2.50. The van der Waals surface area contributed by atoms with E-state index in [9.17, 15) is 17.6 Å². The van der Waals surface area contributed by atoms with Crippen molar-refractivity contribution in [1.29, 1.82) is 0 Å². The smallest absolute Gasteiger partial charge is 0.178 e. The minimum atomic E-state index is -3.72. The summed E-state index contributed by atoms with van der Waals surface area (Å²) in [5, 5.41) is 1.18. The lowest BCUT2D eigenvalue weighted by Gasteiger charge is -2.35. The molecule has 2 aromatic heterocycles. The molecule has 5 rings (SSSR count). The third-order valence-corrected chi connectivity index (χ3v) is 8.95. The van der Waals surface area contributed by atoms with Crippen LogP contribution in [0.15, 0.2) is 53.7 Å². The molecular weight excluding hydrogens is 553 g/mol. The second kappa shape index (κ2) is 11.4. The van der Waals surface area contributed by atoms with Crippen molar-refractivity contribution in [2.45, 2.75) is 30.7 Å². The van der Waals surface area contributed by atoms with Gasteiger partial charge in [0.2, 0.25) is 0 Å². The van der Waals surface area contributed by atoms with Crippen LogP contribution in [0.5, 0.6) is 0 Å². The number of carbonyl (C=O) groups excluding carboxylic acids is 1. The predicted octanol–water partition coefficient (Wildman–Crippen LogP) is 4.16. The molecule has 1 fully saturated rings. The molecule has 0 radical (unpaired) electrons. The quantitative estimate of drug-likeness (QED) is 0.332. The number of likely N-dealkylation sites (N-methyl/N-ethyl adjacent to an activating group) is 1. The first-order chi connectivity index (χ1) is 19.0. The van der Waals surface area contributed by atoms with Crippen molar-refractivity contribution in [1.82, 2.24) is 24.8 Å². The Morgan fingerprint density at radius 1 is 1.12 bits per heavy atom. The molecule has 40 heavy (non-hydrogen) atoms. The zero-order chi connectivity index (χ0) is 28.6. The van der Waals surface area contributed by atoms with Gasteiger partial charge in [0.15, 0.2) is 15.6 Å². The molecule has 1 aliphatic rings. The molecule has 4 aromatic rings. The van der Waals surface area contributed by atoms with Gasteiger partial charge >= 0.3 is 0 Å². The van der Waals surface area contributed by atoms with Crippen LogP contribution in [-0.2, 0) is 27.5 Å². The number of benzene rings is 2. The number of nitrogens with one attached hydrogen (secondary N) is 1. The molecule has 0 aliphatic carbocycles. The number of H-pyrrole nitrogens is 1. The van der Waals surface area contributed by atoms with Crippen LogP contribution in [0.3, 0.4) is 0 Å². The molecule has 0 saturated carbocycles. The van der Waals surface area contributed by atoms with E-state index in [0.717, 1.165) is 54.5 Å². The van der Waals surface area contributed by atoms with Crippen molar-refractivity contribution in [3.63, 3.8) is 0 Å². The summed E-state index contributed by atoms with van der Waals surface area (Å²) in [6.07, 6.45) is 4.51. The average Bonchev–Trinajstić information content (AvgIpc) is 3.35. The van der Waals surface area contributed by atoms with Crippen LogP contribution < -0.4 is 0 Å². The summed E-state index contributed by atoms with van der Waals surface area (Å²) in [4.78, 5) is 29.5. The van der Waals surface area contributed by atoms with Gasteiger partial charge in [-0.05, 0) is 31.2 Å². The van der Waals surface area contributed by atoms with Crippen molar-refractivity contribution >= 4 is 38.1 Å². The van der Waals surface area contributed by atoms with Crippen LogP contribution in [0.1, 0.15) is 23.9 Å². The average molecular weight is 584 g/mol. The van der Waals surface area contributed by atoms with Gasteiger partial charge in [-0.2, -0.15) is 0 Å². The normalized spacial score (nSPS) is 15.9. The highest BCUT2D eigenvalue weighted by Crippen LogP contribution is 2.34. The van der Waals surface area contributed by atoms with Gasteiger partial charge in [0.25, 0.3) is 0 Å². The van der Waals surface area contributed by atoms with E-state index < -0.39 is 15.7 Å². The topological polar surface area (TPSA) is 99.3 Å². The van der Waals surface area contributed by atoms with Gasteiger partial charge in [-0.3, -0.25) is 9.69 Å². The Morgan fingerprint density at radius 2 is 1.82 bits per heavy atom. The van der Waals surface area contributed by atoms with Crippen LogP contribution in [0, 0.1) is 5.82 Å². The Labute approximate surface area is 238 Å². The maximum Gasteiger partial charge on any atom is 0.178 e. The molecule has 3 heterocycles. The molecule has 8 nitrogen and oxygen atoms in total. The van der Waals surface area contributed by atoms with Crippen molar-refractivity contribution in [3.8, 4) is 11.3 Å². The van der Waals surface area contributed by atoms with Crippen LogP contribution in [0.2, 0.25) is 5.02 Å². The highest BCUT2D eigenvalue weighted by Gasteiger charge is 2.25. The number of piperazine rings is 1. The number of halogens is 2. The van der Waals surface area contributed by atoms with E-state index in [0.29, 0.717) is 23.0 Å². The van der Waals surface area contributed by atoms with E-state index >= 15 is 0 Å². The number of sulfone groups is 1. The number of hydrogen-bond donors (Lipinski definition) is 1. The highest BCUT2D eigenvalue weighted by atomic mass is 35.5. The minimum Gasteiger partial charge on any atom is -0.360 e. The minimum absolute atomic E-state index is 0.00828. The number of para-hydroxylation sites is 1. The number of ketones is 1. The van der Waals surface area contributed by atoms with E-state index in [1.807, 2.05) is 25.1 Å². The van der Waals surface area contributed by atoms with Gasteiger partial charge in [-0.1, -0.05) is 41.9 Å². The largest absolute Gasteiger partial charge is 0.360 e. The van der Waals surface area contributed by atoms with Crippen LogP contribution in [-0.4, -0.2) is 84.5 Å². The first-order valence-corrected chi connectivity index (χ1v) is 15.3. The van der Waals surface area contributed by atoms with E-state index in [2.05, 4.69) is 31.8 Å². The molecular formula is C29H31ClFN5O3S. The number of rotatable bonds is 8. The fraction of sp³-hybridized carbons (Fsp3) is 0.345. The van der Waals surface area contributed by atoms with E-state index in [4.69, 9.17) is 11.6 Å². The van der Waals surface area contributed by atoms with Gasteiger partial charge in [0.1, 0.15) is 16.5 Å². The van der Waals surface area contributed by atoms with Crippen molar-refractivity contribution < 1.29 is 17.6 Å². The Hall–Kier alpha value is -3.18. The molecule has 210 valence electrons. The van der Waals surface area contributed by atoms with Crippen LogP contribution in [0.25, 0.3) is 22.2 Å². The number of nitrogens with zero attached hydrogens (tertiary/aromatic N) is 4. The summed E-state index contributed by atoms with van der Waals surface area (Å²) in [6.45, 7) is 5.62. The molecule has 0 spiro atoms. The zero-order valence-electron chi connectivity index (χ0n) is 22.6. The molecule has 1 aliphatic heterocycles. The molecule has 0 amide bonds. The highest BCUT2D eigenvalue weighted by molar-refractivity contribution is 7.90. The fourth-order valence-electron chi connectivity index (χ4n) is 5.14. The monoisotopic (exact) mass is 583 g/mol. The first kappa shape index (κ1) is 28.4. The summed E-state index contributed by atoms with van der Waals surface area (Å²) >= 11 is 6.51. The maximum atomic E-state index is 15.0. The molecule has 2 aromatic carbocycles. The second-order valence-corrected chi connectivity index (χ2v) is 12.8. The van der Waals surface area contributed by atoms with Gasteiger partial charge in [-0.25, -0.2) is 22.8 Å². The number of aromatic amines is 1. The summed E-state index contributed by atoms with van der Waals surface area (Å²) < 4.78 is 38.8. The number of aromatic nitrogens is 3. The second-order valence-electron chi connectivity index (χ2n) is 10.4. The van der Waals surface area contributed by atoms with Crippen molar-refractivity contribution in [3.05, 3.63) is 76.6 Å². The van der Waals surface area contributed by atoms with Crippen molar-refractivity contribution in [2.75, 3.05) is 39.5 Å². The summed E-state index contributed by atoms with van der Waals surface area (Å²) in [6, 6.07) is 9.87. The third-order valence-electron chi connectivity index (χ3n) is 7.56. The van der Waals surface area contributed by atoms with E-state index in [1.165, 1.54) is 24.4 Å². The van der Waals surface area contributed by atoms with Gasteiger partial charge in [0.05, 0.1) is 16.8 Å².